The van der Waals surface area contributed by atoms with Gasteiger partial charge in [-0.05, 0) is 48.5 Å². The van der Waals surface area contributed by atoms with Crippen LogP contribution >= 0.6 is 11.3 Å². The summed E-state index contributed by atoms with van der Waals surface area (Å²) in [6.07, 6.45) is 4.22. The molecule has 3 nitrogen and oxygen atoms in total. The molecule has 1 fully saturated rings. The van der Waals surface area contributed by atoms with Gasteiger partial charge in [0.2, 0.25) is 0 Å². The zero-order valence-corrected chi connectivity index (χ0v) is 14.2. The van der Waals surface area contributed by atoms with Gasteiger partial charge in [0, 0.05) is 35.1 Å². The minimum Gasteiger partial charge on any atom is -0.298 e. The lowest BCUT2D eigenvalue weighted by atomic mass is 9.90. The number of nitrogens with one attached hydrogen (secondary N) is 1. The van der Waals surface area contributed by atoms with Gasteiger partial charge in [-0.2, -0.15) is 5.10 Å². The maximum Gasteiger partial charge on any atom is 0.123 e. The Morgan fingerprint density at radius 2 is 2.12 bits per heavy atom. The number of rotatable bonds is 4. The molecule has 0 amide bonds. The highest BCUT2D eigenvalue weighted by atomic mass is 32.1. The molecule has 0 radical (unpaired) electrons. The van der Waals surface area contributed by atoms with Gasteiger partial charge < -0.3 is 0 Å². The van der Waals surface area contributed by atoms with Gasteiger partial charge in [-0.15, -0.1) is 11.3 Å². The van der Waals surface area contributed by atoms with Crippen molar-refractivity contribution in [3.05, 3.63) is 64.4 Å². The molecule has 1 saturated heterocycles. The molecule has 0 bridgehead atoms. The molecule has 4 rings (SSSR count). The quantitative estimate of drug-likeness (QED) is 0.748. The molecule has 5 heteroatoms. The standard InChI is InChI=1S/C19H20FN3S/c20-16-7-5-14(6-8-16)18-11-21-22-19(18)15-3-1-9-23(12-15)13-17-4-2-10-24-17/h2,4-8,10-11,15H,1,3,9,12-13H2,(H,21,22)/t15-/m1/s1. The van der Waals surface area contributed by atoms with E-state index in [9.17, 15) is 4.39 Å². The predicted molar refractivity (Wildman–Crippen MR) is 95.6 cm³/mol. The Bertz CT molecular complexity index is 779. The van der Waals surface area contributed by atoms with E-state index in [0.29, 0.717) is 5.92 Å². The maximum absolute atomic E-state index is 13.2. The molecule has 1 aliphatic rings. The Balaban J connectivity index is 1.53. The molecule has 1 aromatic carbocycles. The summed E-state index contributed by atoms with van der Waals surface area (Å²) in [7, 11) is 0. The van der Waals surface area contributed by atoms with E-state index in [0.717, 1.165) is 37.2 Å². The van der Waals surface area contributed by atoms with Gasteiger partial charge in [0.25, 0.3) is 0 Å². The number of piperidine rings is 1. The third-order valence-electron chi connectivity index (χ3n) is 4.70. The van der Waals surface area contributed by atoms with E-state index in [1.807, 2.05) is 29.7 Å². The number of benzene rings is 1. The molecular formula is C19H20FN3S. The smallest absolute Gasteiger partial charge is 0.123 e. The molecule has 3 aromatic rings. The van der Waals surface area contributed by atoms with Crippen LogP contribution in [0, 0.1) is 5.82 Å². The zero-order chi connectivity index (χ0) is 16.4. The van der Waals surface area contributed by atoms with Crippen LogP contribution in [0.5, 0.6) is 0 Å². The lowest BCUT2D eigenvalue weighted by Gasteiger charge is -2.32. The van der Waals surface area contributed by atoms with Crippen LogP contribution in [-0.2, 0) is 6.54 Å². The van der Waals surface area contributed by atoms with E-state index in [2.05, 4.69) is 32.6 Å². The summed E-state index contributed by atoms with van der Waals surface area (Å²) in [6, 6.07) is 11.0. The normalized spacial score (nSPS) is 18.8. The summed E-state index contributed by atoms with van der Waals surface area (Å²) < 4.78 is 13.2. The van der Waals surface area contributed by atoms with E-state index in [1.165, 1.54) is 29.1 Å². The van der Waals surface area contributed by atoms with Crippen molar-refractivity contribution in [2.75, 3.05) is 13.1 Å². The largest absolute Gasteiger partial charge is 0.298 e. The molecule has 2 aromatic heterocycles. The van der Waals surface area contributed by atoms with E-state index in [-0.39, 0.29) is 5.82 Å². The van der Waals surface area contributed by atoms with Gasteiger partial charge in [-0.25, -0.2) is 4.39 Å². The van der Waals surface area contributed by atoms with Crippen LogP contribution in [0.4, 0.5) is 4.39 Å². The van der Waals surface area contributed by atoms with Crippen LogP contribution < -0.4 is 0 Å². The second-order valence-corrected chi connectivity index (χ2v) is 7.39. The average molecular weight is 341 g/mol. The Morgan fingerprint density at radius 3 is 2.92 bits per heavy atom. The number of hydrogen-bond donors (Lipinski definition) is 1. The molecule has 0 saturated carbocycles. The van der Waals surface area contributed by atoms with Crippen molar-refractivity contribution in [2.24, 2.45) is 0 Å². The van der Waals surface area contributed by atoms with Crippen molar-refractivity contribution in [2.45, 2.75) is 25.3 Å². The Hall–Kier alpha value is -1.98. The number of halogens is 1. The Morgan fingerprint density at radius 1 is 1.25 bits per heavy atom. The first kappa shape index (κ1) is 15.5. The lowest BCUT2D eigenvalue weighted by Crippen LogP contribution is -2.34. The van der Waals surface area contributed by atoms with Crippen LogP contribution in [0.3, 0.4) is 0 Å². The Kier molecular flexibility index (Phi) is 4.45. The molecule has 0 aliphatic carbocycles. The first-order chi connectivity index (χ1) is 11.8. The third kappa shape index (κ3) is 3.28. The molecule has 1 atom stereocenters. The van der Waals surface area contributed by atoms with Gasteiger partial charge in [0.1, 0.15) is 5.82 Å². The summed E-state index contributed by atoms with van der Waals surface area (Å²) in [5.74, 6) is 0.241. The zero-order valence-electron chi connectivity index (χ0n) is 13.4. The van der Waals surface area contributed by atoms with E-state index in [1.54, 1.807) is 0 Å². The average Bonchev–Trinajstić information content (AvgIpc) is 3.27. The van der Waals surface area contributed by atoms with Crippen LogP contribution in [0.2, 0.25) is 0 Å². The lowest BCUT2D eigenvalue weighted by molar-refractivity contribution is 0.200. The van der Waals surface area contributed by atoms with Crippen molar-refractivity contribution in [3.63, 3.8) is 0 Å². The highest BCUT2D eigenvalue weighted by molar-refractivity contribution is 7.09. The third-order valence-corrected chi connectivity index (χ3v) is 5.56. The van der Waals surface area contributed by atoms with Crippen LogP contribution in [-0.4, -0.2) is 28.2 Å². The molecule has 124 valence electrons. The molecule has 24 heavy (non-hydrogen) atoms. The number of thiophene rings is 1. The summed E-state index contributed by atoms with van der Waals surface area (Å²) in [6.45, 7) is 3.21. The predicted octanol–water partition coefficient (Wildman–Crippen LogP) is 4.66. The monoisotopic (exact) mass is 341 g/mol. The maximum atomic E-state index is 13.2. The number of likely N-dealkylation sites (tertiary alicyclic amines) is 1. The topological polar surface area (TPSA) is 31.9 Å². The fourth-order valence-electron chi connectivity index (χ4n) is 3.52. The van der Waals surface area contributed by atoms with Crippen LogP contribution in [0.25, 0.3) is 11.1 Å². The number of hydrogen-bond acceptors (Lipinski definition) is 3. The fraction of sp³-hybridized carbons (Fsp3) is 0.316. The summed E-state index contributed by atoms with van der Waals surface area (Å²) in [5.41, 5.74) is 3.30. The highest BCUT2D eigenvalue weighted by Crippen LogP contribution is 2.33. The first-order valence-corrected chi connectivity index (χ1v) is 9.21. The van der Waals surface area contributed by atoms with Crippen LogP contribution in [0.15, 0.2) is 48.0 Å². The number of aromatic nitrogens is 2. The summed E-state index contributed by atoms with van der Waals surface area (Å²) >= 11 is 1.82. The number of H-pyrrole nitrogens is 1. The van der Waals surface area contributed by atoms with Crippen LogP contribution in [0.1, 0.15) is 29.3 Å². The van der Waals surface area contributed by atoms with Crippen molar-refractivity contribution >= 4 is 11.3 Å². The molecule has 3 heterocycles. The minimum atomic E-state index is -0.205. The number of aromatic amines is 1. The summed E-state index contributed by atoms with van der Waals surface area (Å²) in [5, 5.41) is 9.60. The highest BCUT2D eigenvalue weighted by Gasteiger charge is 2.25. The molecule has 0 unspecified atom stereocenters. The summed E-state index contributed by atoms with van der Waals surface area (Å²) in [4.78, 5) is 3.94. The first-order valence-electron chi connectivity index (χ1n) is 8.33. The number of nitrogens with zero attached hydrogens (tertiary/aromatic N) is 2. The SMILES string of the molecule is Fc1ccc(-c2cn[nH]c2[C@@H]2CCCN(Cc3cccs3)C2)cc1. The van der Waals surface area contributed by atoms with E-state index < -0.39 is 0 Å². The minimum absolute atomic E-state index is 0.205. The van der Waals surface area contributed by atoms with E-state index in [4.69, 9.17) is 0 Å². The van der Waals surface area contributed by atoms with Gasteiger partial charge in [-0.3, -0.25) is 10.00 Å². The van der Waals surface area contributed by atoms with Gasteiger partial charge >= 0.3 is 0 Å². The Labute approximate surface area is 145 Å². The van der Waals surface area contributed by atoms with Gasteiger partial charge in [0.15, 0.2) is 0 Å². The molecule has 0 spiro atoms. The van der Waals surface area contributed by atoms with Crippen molar-refractivity contribution in [1.29, 1.82) is 0 Å². The molecular weight excluding hydrogens is 321 g/mol. The fourth-order valence-corrected chi connectivity index (χ4v) is 4.27. The van der Waals surface area contributed by atoms with Crippen molar-refractivity contribution < 1.29 is 4.39 Å². The van der Waals surface area contributed by atoms with Crippen molar-refractivity contribution in [3.8, 4) is 11.1 Å². The second-order valence-electron chi connectivity index (χ2n) is 6.36. The van der Waals surface area contributed by atoms with E-state index >= 15 is 0 Å². The molecule has 1 N–H and O–H groups in total. The van der Waals surface area contributed by atoms with Gasteiger partial charge in [0.05, 0.1) is 6.20 Å². The van der Waals surface area contributed by atoms with Crippen molar-refractivity contribution in [1.82, 2.24) is 15.1 Å². The second kappa shape index (κ2) is 6.87. The van der Waals surface area contributed by atoms with Gasteiger partial charge in [-0.1, -0.05) is 18.2 Å². The molecule has 1 aliphatic heterocycles.